The smallest absolute Gasteiger partial charge is 0.423 e. The largest absolute Gasteiger partial charge is 0.550 e. The molecule has 0 rings (SSSR count). The Bertz CT molecular complexity index is 32.5. The zero-order valence-electron chi connectivity index (χ0n) is 2.39. The molecule has 0 aromatic heterocycles. The van der Waals surface area contributed by atoms with Crippen molar-refractivity contribution in [3.05, 3.63) is 0 Å². The molecule has 0 aliphatic rings. The van der Waals surface area contributed by atoms with Crippen LogP contribution >= 0.6 is 10.7 Å². The molecule has 0 aliphatic carbocycles. The topological polar surface area (TPSA) is 46.1 Å². The third-order valence-corrected chi connectivity index (χ3v) is 1.82. The molecule has 0 heterocycles. The average molecular weight is 151 g/mol. The Hall–Kier alpha value is 0.840. The predicted molar refractivity (Wildman–Crippen MR) is 23.2 cm³/mol. The van der Waals surface area contributed by atoms with Gasteiger partial charge in [-0.3, -0.25) is 0 Å². The molecule has 6 heteroatoms. The first-order valence-electron chi connectivity index (χ1n) is 0.809. The number of halogens is 2. The van der Waals surface area contributed by atoms with Crippen LogP contribution in [0.4, 0.5) is 3.89 Å². The zero-order chi connectivity index (χ0) is 5.15. The molecule has 0 aromatic carbocycles. The van der Waals surface area contributed by atoms with E-state index in [2.05, 4.69) is 10.7 Å². The monoisotopic (exact) mass is 150 g/mol. The Kier molecular flexibility index (Phi) is 3.33. The van der Waals surface area contributed by atoms with E-state index < -0.39 is 20.0 Å². The predicted octanol–water partition coefficient (Wildman–Crippen LogP) is 0.437. The van der Waals surface area contributed by atoms with Crippen molar-refractivity contribution >= 4 is 30.7 Å². The highest BCUT2D eigenvalue weighted by molar-refractivity contribution is 8.74. The summed E-state index contributed by atoms with van der Waals surface area (Å²) in [6, 6.07) is 0. The van der Waals surface area contributed by atoms with E-state index >= 15 is 0 Å². The van der Waals surface area contributed by atoms with E-state index in [1.54, 1.807) is 0 Å². The van der Waals surface area contributed by atoms with Gasteiger partial charge in [0.25, 0.3) is 0 Å². The lowest BCUT2D eigenvalue weighted by atomic mass is 15.9. The lowest BCUT2D eigenvalue weighted by Crippen LogP contribution is -2.00. The standard InChI is InChI=1S/ClFO2S2/c1-5(3)6(2)4. The molecule has 0 saturated heterocycles. The Morgan fingerprint density at radius 3 is 1.67 bits per heavy atom. The molecule has 0 aromatic rings. The van der Waals surface area contributed by atoms with Gasteiger partial charge in [0.15, 0.2) is 0 Å². The molecular formula is ClFO2S2. The van der Waals surface area contributed by atoms with Gasteiger partial charge in [-0.05, 0) is 0 Å². The van der Waals surface area contributed by atoms with Gasteiger partial charge in [0.05, 0.1) is 3.89 Å². The second-order valence-electron chi connectivity index (χ2n) is 0.388. The summed E-state index contributed by atoms with van der Waals surface area (Å²) in [5, 5.41) is 0. The van der Waals surface area contributed by atoms with Gasteiger partial charge in [0.1, 0.15) is 0 Å². The molecule has 0 radical (unpaired) electrons. The fourth-order valence-corrected chi connectivity index (χ4v) is 0. The molecule has 0 fully saturated rings. The van der Waals surface area contributed by atoms with Crippen molar-refractivity contribution in [1.29, 1.82) is 0 Å². The van der Waals surface area contributed by atoms with Crippen LogP contribution in [0, 0.1) is 0 Å². The normalized spacial score (nSPS) is 20.0. The first-order valence-corrected chi connectivity index (χ1v) is 4.35. The minimum atomic E-state index is -2.88. The summed E-state index contributed by atoms with van der Waals surface area (Å²) in [6.45, 7) is 0. The highest BCUT2D eigenvalue weighted by atomic mass is 35.8. The number of rotatable bonds is 1. The first-order chi connectivity index (χ1) is 2.64. The maximum absolute atomic E-state index is 10.9. The van der Waals surface area contributed by atoms with E-state index in [0.717, 1.165) is 0 Å². The molecule has 0 amide bonds. The molecule has 6 heavy (non-hydrogen) atoms. The third kappa shape index (κ3) is 3.05. The Morgan fingerprint density at radius 2 is 1.67 bits per heavy atom. The summed E-state index contributed by atoms with van der Waals surface area (Å²) in [5.74, 6) is 0. The SMILES string of the molecule is [O-][S+](F)[S+]([O-])Cl. The zero-order valence-corrected chi connectivity index (χ0v) is 4.78. The van der Waals surface area contributed by atoms with Crippen molar-refractivity contribution in [1.82, 2.24) is 0 Å². The minimum absolute atomic E-state index is 2.34. The highest BCUT2D eigenvalue weighted by Gasteiger charge is 2.23. The lowest BCUT2D eigenvalue weighted by molar-refractivity contribution is 0.556. The Labute approximate surface area is 44.2 Å². The summed E-state index contributed by atoms with van der Waals surface area (Å²) in [5.41, 5.74) is 0. The summed E-state index contributed by atoms with van der Waals surface area (Å²) in [4.78, 5) is 0. The quantitative estimate of drug-likeness (QED) is 0.402. The van der Waals surface area contributed by atoms with Crippen molar-refractivity contribution in [3.8, 4) is 0 Å². The van der Waals surface area contributed by atoms with Gasteiger partial charge in [-0.25, -0.2) is 0 Å². The third-order valence-electron chi connectivity index (χ3n) is 0.103. The van der Waals surface area contributed by atoms with Crippen LogP contribution in [0.1, 0.15) is 0 Å². The van der Waals surface area contributed by atoms with Gasteiger partial charge < -0.3 is 9.11 Å². The van der Waals surface area contributed by atoms with Crippen LogP contribution in [0.15, 0.2) is 0 Å². The fraction of sp³-hybridized carbons (Fsp3) is 0. The van der Waals surface area contributed by atoms with Crippen molar-refractivity contribution in [3.63, 3.8) is 0 Å². The lowest BCUT2D eigenvalue weighted by Gasteiger charge is -1.87. The van der Waals surface area contributed by atoms with Gasteiger partial charge in [0.2, 0.25) is 10.7 Å². The number of hydrogen-bond acceptors (Lipinski definition) is 2. The van der Waals surface area contributed by atoms with Gasteiger partial charge >= 0.3 is 20.0 Å². The van der Waals surface area contributed by atoms with Crippen molar-refractivity contribution in [2.24, 2.45) is 0 Å². The molecule has 2 nitrogen and oxygen atoms in total. The second kappa shape index (κ2) is 2.92. The molecule has 0 N–H and O–H groups in total. The van der Waals surface area contributed by atoms with Gasteiger partial charge in [-0.15, -0.1) is 0 Å². The fourth-order valence-electron chi connectivity index (χ4n) is 0. The summed E-state index contributed by atoms with van der Waals surface area (Å²) < 4.78 is 29.4. The molecule has 0 bridgehead atoms. The van der Waals surface area contributed by atoms with Crippen LogP contribution in [0.2, 0.25) is 0 Å². The van der Waals surface area contributed by atoms with Crippen molar-refractivity contribution in [2.75, 3.05) is 0 Å². The van der Waals surface area contributed by atoms with E-state index in [4.69, 9.17) is 4.55 Å². The Balaban J connectivity index is 2.99. The van der Waals surface area contributed by atoms with Gasteiger partial charge in [-0.2, -0.15) is 0 Å². The summed E-state index contributed by atoms with van der Waals surface area (Å²) in [7, 11) is -0.809. The Morgan fingerprint density at radius 1 is 1.50 bits per heavy atom. The van der Waals surface area contributed by atoms with Crippen LogP contribution in [0.5, 0.6) is 0 Å². The van der Waals surface area contributed by atoms with Crippen LogP contribution in [-0.2, 0) is 20.0 Å². The van der Waals surface area contributed by atoms with Gasteiger partial charge in [0, 0.05) is 0 Å². The molecule has 38 valence electrons. The van der Waals surface area contributed by atoms with Crippen LogP contribution in [0.25, 0.3) is 0 Å². The van der Waals surface area contributed by atoms with E-state index in [1.165, 1.54) is 0 Å². The summed E-state index contributed by atoms with van der Waals surface area (Å²) in [6.07, 6.45) is 0. The maximum Gasteiger partial charge on any atom is 0.423 e. The molecule has 0 saturated carbocycles. The summed E-state index contributed by atoms with van der Waals surface area (Å²) >= 11 is 0. The molecule has 2 unspecified atom stereocenters. The van der Waals surface area contributed by atoms with E-state index in [9.17, 15) is 8.44 Å². The number of hydrogen-bond donors (Lipinski definition) is 0. The van der Waals surface area contributed by atoms with Crippen molar-refractivity contribution < 1.29 is 13.0 Å². The first kappa shape index (κ1) is 6.84. The van der Waals surface area contributed by atoms with Crippen LogP contribution in [-0.4, -0.2) is 9.11 Å². The maximum atomic E-state index is 10.9. The van der Waals surface area contributed by atoms with Gasteiger partial charge in [-0.1, -0.05) is 0 Å². The van der Waals surface area contributed by atoms with E-state index in [-0.39, 0.29) is 0 Å². The van der Waals surface area contributed by atoms with Crippen molar-refractivity contribution in [2.45, 2.75) is 0 Å². The molecule has 0 spiro atoms. The molecule has 0 aliphatic heterocycles. The van der Waals surface area contributed by atoms with E-state index in [1.807, 2.05) is 0 Å². The molecular weight excluding hydrogens is 151 g/mol. The van der Waals surface area contributed by atoms with E-state index in [0.29, 0.717) is 0 Å². The minimum Gasteiger partial charge on any atom is -0.550 e. The van der Waals surface area contributed by atoms with Crippen LogP contribution in [0.3, 0.4) is 0 Å². The molecule has 2 atom stereocenters. The highest BCUT2D eigenvalue weighted by Crippen LogP contribution is 2.08. The van der Waals surface area contributed by atoms with Crippen LogP contribution < -0.4 is 0 Å². The average Bonchev–Trinajstić information content (AvgIpc) is 1.36. The second-order valence-corrected chi connectivity index (χ2v) is 4.25.